The van der Waals surface area contributed by atoms with Crippen LogP contribution in [0.25, 0.3) is 0 Å². The van der Waals surface area contributed by atoms with Crippen molar-refractivity contribution in [1.29, 1.82) is 0 Å². The summed E-state index contributed by atoms with van der Waals surface area (Å²) >= 11 is 0. The van der Waals surface area contributed by atoms with E-state index in [1.54, 1.807) is 0 Å². The number of hydrogen-bond donors (Lipinski definition) is 2. The summed E-state index contributed by atoms with van der Waals surface area (Å²) in [5.41, 5.74) is 5.09. The molecule has 18 heavy (non-hydrogen) atoms. The molecule has 104 valence electrons. The number of carbonyl (C=O) groups excluding carboxylic acids is 1. The highest BCUT2D eigenvalue weighted by Crippen LogP contribution is 2.33. The maximum atomic E-state index is 12.4. The monoisotopic (exact) mass is 254 g/mol. The van der Waals surface area contributed by atoms with Crippen molar-refractivity contribution < 1.29 is 9.53 Å². The van der Waals surface area contributed by atoms with Crippen LogP contribution in [0.2, 0.25) is 0 Å². The molecule has 1 aliphatic heterocycles. The first kappa shape index (κ1) is 13.8. The van der Waals surface area contributed by atoms with Gasteiger partial charge in [0.2, 0.25) is 0 Å². The summed E-state index contributed by atoms with van der Waals surface area (Å²) in [4.78, 5) is 12.4. The fraction of sp³-hybridized carbons (Fsp3) is 0.929. The van der Waals surface area contributed by atoms with Crippen LogP contribution in [0.15, 0.2) is 0 Å². The maximum Gasteiger partial charge on any atom is 0.252 e. The maximum absolute atomic E-state index is 12.4. The molecule has 2 fully saturated rings. The molecule has 2 rings (SSSR count). The SMILES string of the molecule is CC1CCCC(CN)(NC(=O)C2(C)CCCO2)C1. The Kier molecular flexibility index (Phi) is 3.97. The number of rotatable bonds is 3. The summed E-state index contributed by atoms with van der Waals surface area (Å²) in [7, 11) is 0. The third-order valence-electron chi connectivity index (χ3n) is 4.56. The minimum Gasteiger partial charge on any atom is -0.365 e. The van der Waals surface area contributed by atoms with Gasteiger partial charge >= 0.3 is 0 Å². The van der Waals surface area contributed by atoms with Gasteiger partial charge in [-0.3, -0.25) is 4.79 Å². The summed E-state index contributed by atoms with van der Waals surface area (Å²) in [5.74, 6) is 0.666. The van der Waals surface area contributed by atoms with E-state index < -0.39 is 5.60 Å². The first-order valence-electron chi connectivity index (χ1n) is 7.16. The van der Waals surface area contributed by atoms with Crippen LogP contribution in [0.1, 0.15) is 52.4 Å². The Hall–Kier alpha value is -0.610. The number of nitrogens with two attached hydrogens (primary N) is 1. The summed E-state index contributed by atoms with van der Waals surface area (Å²) in [6, 6.07) is 0. The molecule has 3 atom stereocenters. The minimum atomic E-state index is -0.636. The van der Waals surface area contributed by atoms with E-state index >= 15 is 0 Å². The van der Waals surface area contributed by atoms with Crippen LogP contribution in [0.4, 0.5) is 0 Å². The van der Waals surface area contributed by atoms with Gasteiger partial charge in [-0.2, -0.15) is 0 Å². The van der Waals surface area contributed by atoms with Gasteiger partial charge in [0.1, 0.15) is 5.60 Å². The molecular formula is C14H26N2O2. The third-order valence-corrected chi connectivity index (χ3v) is 4.56. The second kappa shape index (κ2) is 5.17. The fourth-order valence-corrected chi connectivity index (χ4v) is 3.34. The molecule has 4 nitrogen and oxygen atoms in total. The van der Waals surface area contributed by atoms with E-state index in [9.17, 15) is 4.79 Å². The summed E-state index contributed by atoms with van der Waals surface area (Å²) in [5, 5.41) is 3.21. The van der Waals surface area contributed by atoms with Gasteiger partial charge < -0.3 is 15.8 Å². The highest BCUT2D eigenvalue weighted by molar-refractivity contribution is 5.85. The largest absolute Gasteiger partial charge is 0.365 e. The zero-order chi connectivity index (χ0) is 13.2. The van der Waals surface area contributed by atoms with Gasteiger partial charge in [-0.1, -0.05) is 19.8 Å². The Morgan fingerprint density at radius 1 is 1.44 bits per heavy atom. The van der Waals surface area contributed by atoms with E-state index in [4.69, 9.17) is 10.5 Å². The van der Waals surface area contributed by atoms with Crippen molar-refractivity contribution >= 4 is 5.91 Å². The molecule has 3 N–H and O–H groups in total. The van der Waals surface area contributed by atoms with Gasteiger partial charge in [0.25, 0.3) is 5.91 Å². The number of ether oxygens (including phenoxy) is 1. The van der Waals surface area contributed by atoms with E-state index in [-0.39, 0.29) is 11.4 Å². The molecule has 2 aliphatic rings. The lowest BCUT2D eigenvalue weighted by Gasteiger charge is -2.41. The van der Waals surface area contributed by atoms with Crippen molar-refractivity contribution in [3.8, 4) is 0 Å². The van der Waals surface area contributed by atoms with E-state index in [1.165, 1.54) is 6.42 Å². The Bertz CT molecular complexity index is 313. The third kappa shape index (κ3) is 2.69. The van der Waals surface area contributed by atoms with Gasteiger partial charge in [-0.15, -0.1) is 0 Å². The predicted octanol–water partition coefficient (Wildman–Crippen LogP) is 1.58. The van der Waals surface area contributed by atoms with Crippen LogP contribution in [0, 0.1) is 5.92 Å². The second-order valence-corrected chi connectivity index (χ2v) is 6.32. The molecule has 1 saturated heterocycles. The average Bonchev–Trinajstić information content (AvgIpc) is 2.77. The Labute approximate surface area is 110 Å². The lowest BCUT2D eigenvalue weighted by atomic mass is 9.76. The molecule has 0 aromatic rings. The number of carbonyl (C=O) groups is 1. The predicted molar refractivity (Wildman–Crippen MR) is 71.2 cm³/mol. The Morgan fingerprint density at radius 3 is 2.78 bits per heavy atom. The van der Waals surface area contributed by atoms with Crippen LogP contribution >= 0.6 is 0 Å². The molecule has 3 unspecified atom stereocenters. The first-order valence-corrected chi connectivity index (χ1v) is 7.16. The molecule has 1 aliphatic carbocycles. The zero-order valence-electron chi connectivity index (χ0n) is 11.6. The Balaban J connectivity index is 2.03. The van der Waals surface area contributed by atoms with Crippen molar-refractivity contribution in [2.75, 3.05) is 13.2 Å². The lowest BCUT2D eigenvalue weighted by Crippen LogP contribution is -2.60. The quantitative estimate of drug-likeness (QED) is 0.803. The van der Waals surface area contributed by atoms with Gasteiger partial charge in [-0.25, -0.2) is 0 Å². The molecule has 0 spiro atoms. The highest BCUT2D eigenvalue weighted by atomic mass is 16.5. The molecular weight excluding hydrogens is 228 g/mol. The molecule has 1 amide bonds. The number of amides is 1. The molecule has 0 bridgehead atoms. The van der Waals surface area contributed by atoms with Crippen molar-refractivity contribution in [3.05, 3.63) is 0 Å². The van der Waals surface area contributed by atoms with E-state index in [0.29, 0.717) is 19.1 Å². The summed E-state index contributed by atoms with van der Waals surface area (Å²) in [6.45, 7) is 5.35. The van der Waals surface area contributed by atoms with Crippen LogP contribution in [0.3, 0.4) is 0 Å². The van der Waals surface area contributed by atoms with Crippen molar-refractivity contribution in [1.82, 2.24) is 5.32 Å². The van der Waals surface area contributed by atoms with Crippen LogP contribution in [0.5, 0.6) is 0 Å². The average molecular weight is 254 g/mol. The van der Waals surface area contributed by atoms with Crippen molar-refractivity contribution in [3.63, 3.8) is 0 Å². The summed E-state index contributed by atoms with van der Waals surface area (Å²) in [6.07, 6.45) is 6.16. The minimum absolute atomic E-state index is 0.0274. The lowest BCUT2D eigenvalue weighted by molar-refractivity contribution is -0.142. The molecule has 0 aromatic heterocycles. The normalized spacial score (nSPS) is 40.7. The van der Waals surface area contributed by atoms with E-state index in [2.05, 4.69) is 12.2 Å². The zero-order valence-corrected chi connectivity index (χ0v) is 11.6. The van der Waals surface area contributed by atoms with E-state index in [1.807, 2.05) is 6.92 Å². The highest BCUT2D eigenvalue weighted by Gasteiger charge is 2.43. The number of nitrogens with one attached hydrogen (secondary N) is 1. The topological polar surface area (TPSA) is 64.3 Å². The molecule has 1 heterocycles. The Morgan fingerprint density at radius 2 is 2.22 bits per heavy atom. The number of hydrogen-bond acceptors (Lipinski definition) is 3. The van der Waals surface area contributed by atoms with Gasteiger partial charge in [0.05, 0.1) is 5.54 Å². The molecule has 0 aromatic carbocycles. The smallest absolute Gasteiger partial charge is 0.252 e. The molecule has 1 saturated carbocycles. The molecule has 4 heteroatoms. The standard InChI is InChI=1S/C14H26N2O2/c1-11-5-3-7-14(9-11,10-15)16-12(17)13(2)6-4-8-18-13/h11H,3-10,15H2,1-2H3,(H,16,17). The van der Waals surface area contributed by atoms with Gasteiger partial charge in [-0.05, 0) is 38.5 Å². The van der Waals surface area contributed by atoms with E-state index in [0.717, 1.165) is 32.1 Å². The van der Waals surface area contributed by atoms with Crippen LogP contribution in [-0.2, 0) is 9.53 Å². The van der Waals surface area contributed by atoms with Crippen molar-refractivity contribution in [2.24, 2.45) is 11.7 Å². The van der Waals surface area contributed by atoms with Gasteiger partial charge in [0, 0.05) is 13.2 Å². The first-order chi connectivity index (χ1) is 8.50. The molecule has 0 radical (unpaired) electrons. The van der Waals surface area contributed by atoms with Crippen molar-refractivity contribution in [2.45, 2.75) is 63.5 Å². The van der Waals surface area contributed by atoms with Crippen LogP contribution in [-0.4, -0.2) is 30.2 Å². The van der Waals surface area contributed by atoms with Gasteiger partial charge in [0.15, 0.2) is 0 Å². The van der Waals surface area contributed by atoms with Crippen LogP contribution < -0.4 is 11.1 Å². The summed E-state index contributed by atoms with van der Waals surface area (Å²) < 4.78 is 5.61. The second-order valence-electron chi connectivity index (χ2n) is 6.32. The fourth-order valence-electron chi connectivity index (χ4n) is 3.34.